The van der Waals surface area contributed by atoms with E-state index in [-0.39, 0.29) is 0 Å². The standard InChI is InChI=1S/C22H28ClNO/c1-4-15-24(16-5-2)17-14-18(3)19-6-10-21(11-7-19)25-22-12-8-20(23)9-13-22/h6-14H,4-5,15-17H2,1-3H3. The Morgan fingerprint density at radius 2 is 1.44 bits per heavy atom. The number of hydrogen-bond acceptors (Lipinski definition) is 2. The highest BCUT2D eigenvalue weighted by atomic mass is 35.5. The minimum absolute atomic E-state index is 0.712. The quantitative estimate of drug-likeness (QED) is 0.497. The van der Waals surface area contributed by atoms with Crippen LogP contribution in [-0.2, 0) is 0 Å². The first-order chi connectivity index (χ1) is 12.1. The second kappa shape index (κ2) is 10.3. The summed E-state index contributed by atoms with van der Waals surface area (Å²) in [5, 5.41) is 0.712. The fourth-order valence-corrected chi connectivity index (χ4v) is 2.86. The molecule has 2 nitrogen and oxygen atoms in total. The summed E-state index contributed by atoms with van der Waals surface area (Å²) in [5.74, 6) is 1.62. The normalized spacial score (nSPS) is 11.8. The van der Waals surface area contributed by atoms with Crippen molar-refractivity contribution in [2.45, 2.75) is 33.6 Å². The Hall–Kier alpha value is -1.77. The summed E-state index contributed by atoms with van der Waals surface area (Å²) < 4.78 is 5.84. The summed E-state index contributed by atoms with van der Waals surface area (Å²) in [7, 11) is 0. The van der Waals surface area contributed by atoms with Crippen LogP contribution in [-0.4, -0.2) is 24.5 Å². The summed E-state index contributed by atoms with van der Waals surface area (Å²) in [4.78, 5) is 2.50. The number of ether oxygens (including phenoxy) is 1. The molecule has 0 aromatic heterocycles. The first-order valence-corrected chi connectivity index (χ1v) is 9.43. The third-order valence-electron chi connectivity index (χ3n) is 4.09. The van der Waals surface area contributed by atoms with Crippen LogP contribution in [0.4, 0.5) is 0 Å². The molecule has 25 heavy (non-hydrogen) atoms. The largest absolute Gasteiger partial charge is 0.457 e. The second-order valence-corrected chi connectivity index (χ2v) is 6.70. The van der Waals surface area contributed by atoms with Crippen LogP contribution in [0.3, 0.4) is 0 Å². The summed E-state index contributed by atoms with van der Waals surface area (Å²) in [6.45, 7) is 9.97. The fourth-order valence-electron chi connectivity index (χ4n) is 2.74. The lowest BCUT2D eigenvalue weighted by atomic mass is 10.1. The van der Waals surface area contributed by atoms with E-state index in [0.717, 1.165) is 31.1 Å². The molecule has 2 aromatic carbocycles. The maximum atomic E-state index is 5.90. The van der Waals surface area contributed by atoms with Crippen LogP contribution in [0.25, 0.3) is 5.57 Å². The zero-order valence-corrected chi connectivity index (χ0v) is 16.2. The van der Waals surface area contributed by atoms with Crippen molar-refractivity contribution in [1.82, 2.24) is 4.90 Å². The first-order valence-electron chi connectivity index (χ1n) is 9.05. The molecular formula is C22H28ClNO. The molecule has 0 bridgehead atoms. The van der Waals surface area contributed by atoms with Gasteiger partial charge >= 0.3 is 0 Å². The molecule has 0 fully saturated rings. The van der Waals surface area contributed by atoms with E-state index in [9.17, 15) is 0 Å². The summed E-state index contributed by atoms with van der Waals surface area (Å²) in [6, 6.07) is 15.7. The van der Waals surface area contributed by atoms with Crippen molar-refractivity contribution in [3.8, 4) is 11.5 Å². The van der Waals surface area contributed by atoms with Gasteiger partial charge in [0.05, 0.1) is 0 Å². The SMILES string of the molecule is CCCN(CC=C(C)c1ccc(Oc2ccc(Cl)cc2)cc1)CCC. The van der Waals surface area contributed by atoms with Gasteiger partial charge in [-0.3, -0.25) is 4.90 Å². The van der Waals surface area contributed by atoms with Crippen molar-refractivity contribution in [2.24, 2.45) is 0 Å². The van der Waals surface area contributed by atoms with Crippen LogP contribution in [0, 0.1) is 0 Å². The van der Waals surface area contributed by atoms with Gasteiger partial charge in [-0.1, -0.05) is 43.7 Å². The van der Waals surface area contributed by atoms with E-state index in [0.29, 0.717) is 5.02 Å². The maximum Gasteiger partial charge on any atom is 0.127 e. The van der Waals surface area contributed by atoms with Gasteiger partial charge in [0, 0.05) is 11.6 Å². The van der Waals surface area contributed by atoms with E-state index < -0.39 is 0 Å². The average Bonchev–Trinajstić information content (AvgIpc) is 2.62. The Kier molecular flexibility index (Phi) is 8.03. The Balaban J connectivity index is 1.97. The molecule has 0 aliphatic heterocycles. The maximum absolute atomic E-state index is 5.90. The summed E-state index contributed by atoms with van der Waals surface area (Å²) >= 11 is 5.90. The smallest absolute Gasteiger partial charge is 0.127 e. The van der Waals surface area contributed by atoms with Crippen molar-refractivity contribution >= 4 is 17.2 Å². The Morgan fingerprint density at radius 1 is 0.920 bits per heavy atom. The molecule has 0 aliphatic rings. The lowest BCUT2D eigenvalue weighted by molar-refractivity contribution is 0.304. The molecule has 0 amide bonds. The van der Waals surface area contributed by atoms with Crippen LogP contribution in [0.5, 0.6) is 11.5 Å². The molecule has 0 atom stereocenters. The second-order valence-electron chi connectivity index (χ2n) is 6.27. The van der Waals surface area contributed by atoms with Gasteiger partial charge in [0.2, 0.25) is 0 Å². The highest BCUT2D eigenvalue weighted by molar-refractivity contribution is 6.30. The minimum Gasteiger partial charge on any atom is -0.457 e. The van der Waals surface area contributed by atoms with Crippen LogP contribution >= 0.6 is 11.6 Å². The predicted octanol–water partition coefficient (Wildman–Crippen LogP) is 6.66. The zero-order valence-electron chi connectivity index (χ0n) is 15.5. The lowest BCUT2D eigenvalue weighted by Crippen LogP contribution is -2.25. The molecular weight excluding hydrogens is 330 g/mol. The first kappa shape index (κ1) is 19.6. The van der Waals surface area contributed by atoms with Gasteiger partial charge < -0.3 is 4.74 Å². The van der Waals surface area contributed by atoms with E-state index in [1.165, 1.54) is 24.0 Å². The molecule has 2 rings (SSSR count). The van der Waals surface area contributed by atoms with E-state index in [1.54, 1.807) is 0 Å². The molecule has 0 saturated carbocycles. The lowest BCUT2D eigenvalue weighted by Gasteiger charge is -2.19. The average molecular weight is 358 g/mol. The molecule has 134 valence electrons. The van der Waals surface area contributed by atoms with Crippen molar-refractivity contribution in [3.63, 3.8) is 0 Å². The zero-order chi connectivity index (χ0) is 18.1. The number of benzene rings is 2. The molecule has 2 aromatic rings. The third-order valence-corrected chi connectivity index (χ3v) is 4.35. The molecule has 3 heteroatoms. The van der Waals surface area contributed by atoms with Gasteiger partial charge in [0.1, 0.15) is 11.5 Å². The Labute approximate surface area is 157 Å². The van der Waals surface area contributed by atoms with Crippen molar-refractivity contribution in [3.05, 3.63) is 65.2 Å². The number of nitrogens with zero attached hydrogens (tertiary/aromatic N) is 1. The van der Waals surface area contributed by atoms with Crippen molar-refractivity contribution in [1.29, 1.82) is 0 Å². The van der Waals surface area contributed by atoms with Gasteiger partial charge in [0.25, 0.3) is 0 Å². The van der Waals surface area contributed by atoms with Crippen LogP contribution in [0.15, 0.2) is 54.6 Å². The van der Waals surface area contributed by atoms with Crippen LogP contribution in [0.2, 0.25) is 5.02 Å². The number of allylic oxidation sites excluding steroid dienone is 1. The Morgan fingerprint density at radius 3 is 1.96 bits per heavy atom. The summed E-state index contributed by atoms with van der Waals surface area (Å²) in [6.07, 6.45) is 4.72. The molecule has 0 aliphatic carbocycles. The molecule has 0 N–H and O–H groups in total. The fraction of sp³-hybridized carbons (Fsp3) is 0.364. The molecule has 0 spiro atoms. The predicted molar refractivity (Wildman–Crippen MR) is 109 cm³/mol. The summed E-state index contributed by atoms with van der Waals surface area (Å²) in [5.41, 5.74) is 2.53. The monoisotopic (exact) mass is 357 g/mol. The Bertz CT molecular complexity index is 655. The minimum atomic E-state index is 0.712. The van der Waals surface area contributed by atoms with Crippen molar-refractivity contribution in [2.75, 3.05) is 19.6 Å². The van der Waals surface area contributed by atoms with E-state index in [1.807, 2.05) is 36.4 Å². The van der Waals surface area contributed by atoms with Gasteiger partial charge in [-0.25, -0.2) is 0 Å². The van der Waals surface area contributed by atoms with Gasteiger partial charge in [-0.15, -0.1) is 0 Å². The molecule has 0 unspecified atom stereocenters. The third kappa shape index (κ3) is 6.56. The highest BCUT2D eigenvalue weighted by Crippen LogP contribution is 2.25. The van der Waals surface area contributed by atoms with E-state index in [2.05, 4.69) is 43.9 Å². The number of halogens is 1. The van der Waals surface area contributed by atoms with Crippen LogP contribution < -0.4 is 4.74 Å². The van der Waals surface area contributed by atoms with E-state index >= 15 is 0 Å². The van der Waals surface area contributed by atoms with Gasteiger partial charge in [-0.2, -0.15) is 0 Å². The molecule has 0 saturated heterocycles. The topological polar surface area (TPSA) is 12.5 Å². The number of hydrogen-bond donors (Lipinski definition) is 0. The number of rotatable bonds is 9. The van der Waals surface area contributed by atoms with Crippen molar-refractivity contribution < 1.29 is 4.74 Å². The molecule has 0 radical (unpaired) electrons. The van der Waals surface area contributed by atoms with Crippen LogP contribution in [0.1, 0.15) is 39.2 Å². The van der Waals surface area contributed by atoms with E-state index in [4.69, 9.17) is 16.3 Å². The molecule has 0 heterocycles. The van der Waals surface area contributed by atoms with Gasteiger partial charge in [-0.05, 0) is 80.4 Å². The van der Waals surface area contributed by atoms with Gasteiger partial charge in [0.15, 0.2) is 0 Å². The highest BCUT2D eigenvalue weighted by Gasteiger charge is 2.03.